The number of rotatable bonds is 17. The van der Waals surface area contributed by atoms with Gasteiger partial charge in [-0.1, -0.05) is 367 Å². The minimum Gasteiger partial charge on any atom is -0.311 e. The third-order valence-corrected chi connectivity index (χ3v) is 21.6. The van der Waals surface area contributed by atoms with Crippen LogP contribution in [0.15, 0.2) is 426 Å². The van der Waals surface area contributed by atoms with Gasteiger partial charge >= 0.3 is 0 Å². The van der Waals surface area contributed by atoms with Gasteiger partial charge in [-0.3, -0.25) is 0 Å². The number of hydrogen-bond acceptors (Lipinski definition) is 2. The van der Waals surface area contributed by atoms with Crippen LogP contribution in [0.2, 0.25) is 0 Å². The van der Waals surface area contributed by atoms with Crippen LogP contribution in [-0.4, -0.2) is 0 Å². The molecule has 0 spiro atoms. The number of nitrogens with zero attached hydrogens (tertiary/aromatic N) is 2. The van der Waals surface area contributed by atoms with E-state index in [9.17, 15) is 0 Å². The van der Waals surface area contributed by atoms with E-state index < -0.39 is 0 Å². The molecule has 2 heteroatoms. The predicted octanol–water partition coefficient (Wildman–Crippen LogP) is 30.1. The van der Waals surface area contributed by atoms with Gasteiger partial charge in [0, 0.05) is 39.5 Å². The lowest BCUT2D eigenvalue weighted by Crippen LogP contribution is -2.16. The highest BCUT2D eigenvalue weighted by atomic mass is 15.1. The van der Waals surface area contributed by atoms with Gasteiger partial charge in [-0.15, -0.1) is 0 Å². The molecule has 0 saturated carbocycles. The van der Waals surface area contributed by atoms with Gasteiger partial charge in [0.15, 0.2) is 0 Å². The molecule has 2 nitrogen and oxygen atoms in total. The Bertz CT molecular complexity index is 5950. The maximum Gasteiger partial charge on any atom is 0.0465 e. The van der Waals surface area contributed by atoms with Crippen molar-refractivity contribution >= 4 is 57.0 Å². The Kier molecular flexibility index (Phi) is 18.9. The van der Waals surface area contributed by atoms with Crippen molar-refractivity contribution < 1.29 is 0 Å². The minimum atomic E-state index is -0.196. The second-order valence-corrected chi connectivity index (χ2v) is 28.6. The van der Waals surface area contributed by atoms with E-state index in [4.69, 9.17) is 0 Å². The van der Waals surface area contributed by atoms with E-state index in [0.29, 0.717) is 0 Å². The first kappa shape index (κ1) is 68.2. The summed E-state index contributed by atoms with van der Waals surface area (Å²) in [6.45, 7) is 12.5. The summed E-state index contributed by atoms with van der Waals surface area (Å²) in [5.41, 5.74) is 35.8. The molecule has 0 saturated heterocycles. The lowest BCUT2D eigenvalue weighted by atomic mass is 9.81. The van der Waals surface area contributed by atoms with E-state index in [1.54, 1.807) is 0 Å². The predicted molar refractivity (Wildman–Crippen MR) is 466 cm³/mol. The molecule has 17 aromatic rings. The van der Waals surface area contributed by atoms with Crippen LogP contribution in [0.5, 0.6) is 0 Å². The zero-order valence-corrected chi connectivity index (χ0v) is 61.2. The van der Waals surface area contributed by atoms with E-state index in [1.165, 1.54) is 133 Å². The number of benzene rings is 17. The summed E-state index contributed by atoms with van der Waals surface area (Å²) in [6.07, 6.45) is 3.75. The molecule has 0 aliphatic heterocycles. The Labute approximate surface area is 641 Å². The Balaban J connectivity index is 0.000000170. The smallest absolute Gasteiger partial charge is 0.0465 e. The molecule has 18 rings (SSSR count). The van der Waals surface area contributed by atoms with Crippen molar-refractivity contribution in [1.29, 1.82) is 0 Å². The molecule has 0 aromatic heterocycles. The molecule has 0 unspecified atom stereocenters. The Morgan fingerprint density at radius 2 is 0.413 bits per heavy atom. The first-order valence-electron chi connectivity index (χ1n) is 37.5. The number of anilines is 6. The SMILES string of the molecule is C=Cc1ccc(-c2ccc(-c3ccc(N(c4ccc(-c5ccc(-c6ccccc6)cc5)cc4)c4ccc5c(c4)C(C)(C)c4cc(-c6ccc7ccccc7c6)ccc4-5)cc3)cc2)cc1.C=Cc1ccc(-c2ccc(-c3ccc(N(c4ccc(-c5ccccc5)cc4)c4ccc(-c5ccccc5)cc4)cc3)cc2)cc1. The van der Waals surface area contributed by atoms with Crippen molar-refractivity contribution in [2.24, 2.45) is 0 Å². The van der Waals surface area contributed by atoms with Crippen LogP contribution >= 0.6 is 0 Å². The fraction of sp³-hybridized carbons (Fsp3) is 0.0280. The Morgan fingerprint density at radius 3 is 0.734 bits per heavy atom. The van der Waals surface area contributed by atoms with Crippen molar-refractivity contribution in [3.63, 3.8) is 0 Å². The summed E-state index contributed by atoms with van der Waals surface area (Å²) in [6, 6.07) is 149. The summed E-state index contributed by atoms with van der Waals surface area (Å²) in [7, 11) is 0. The van der Waals surface area contributed by atoms with Gasteiger partial charge in [-0.25, -0.2) is 0 Å². The van der Waals surface area contributed by atoms with Gasteiger partial charge in [0.05, 0.1) is 0 Å². The minimum absolute atomic E-state index is 0.196. The summed E-state index contributed by atoms with van der Waals surface area (Å²) >= 11 is 0. The van der Waals surface area contributed by atoms with Crippen LogP contribution in [0.3, 0.4) is 0 Å². The molecular weight excluding hydrogens is 1310 g/mol. The van der Waals surface area contributed by atoms with E-state index in [-0.39, 0.29) is 5.41 Å². The lowest BCUT2D eigenvalue weighted by Gasteiger charge is -2.28. The maximum absolute atomic E-state index is 3.90. The first-order valence-corrected chi connectivity index (χ1v) is 37.5. The zero-order chi connectivity index (χ0) is 73.6. The third kappa shape index (κ3) is 14.3. The largest absolute Gasteiger partial charge is 0.311 e. The fourth-order valence-electron chi connectivity index (χ4n) is 15.4. The summed E-state index contributed by atoms with van der Waals surface area (Å²) in [4.78, 5) is 4.73. The molecular formula is C107H80N2. The quantitative estimate of drug-likeness (QED) is 0.0896. The van der Waals surface area contributed by atoms with Crippen LogP contribution < -0.4 is 9.80 Å². The maximum atomic E-state index is 3.90. The highest BCUT2D eigenvalue weighted by Gasteiger charge is 2.36. The zero-order valence-electron chi connectivity index (χ0n) is 61.2. The van der Waals surface area contributed by atoms with Crippen LogP contribution in [0, 0.1) is 0 Å². The molecule has 0 N–H and O–H groups in total. The molecule has 0 radical (unpaired) electrons. The van der Waals surface area contributed by atoms with Gasteiger partial charge in [-0.2, -0.15) is 0 Å². The average Bonchev–Trinajstić information content (AvgIpc) is 1.57. The molecule has 17 aromatic carbocycles. The van der Waals surface area contributed by atoms with Gasteiger partial charge in [0.25, 0.3) is 0 Å². The van der Waals surface area contributed by atoms with Gasteiger partial charge in [0.1, 0.15) is 0 Å². The van der Waals surface area contributed by atoms with Gasteiger partial charge in [-0.05, 0) is 229 Å². The fourth-order valence-corrected chi connectivity index (χ4v) is 15.4. The summed E-state index contributed by atoms with van der Waals surface area (Å²) in [5, 5.41) is 2.53. The Hall–Kier alpha value is -13.9. The monoisotopic (exact) mass is 1390 g/mol. The molecule has 0 atom stereocenters. The number of hydrogen-bond donors (Lipinski definition) is 0. The van der Waals surface area contributed by atoms with Crippen LogP contribution in [-0.2, 0) is 5.41 Å². The van der Waals surface area contributed by atoms with Crippen LogP contribution in [0.1, 0.15) is 36.1 Å². The summed E-state index contributed by atoms with van der Waals surface area (Å²) in [5.74, 6) is 0. The molecule has 0 bridgehead atoms. The van der Waals surface area contributed by atoms with Gasteiger partial charge < -0.3 is 9.80 Å². The van der Waals surface area contributed by atoms with E-state index >= 15 is 0 Å². The van der Waals surface area contributed by atoms with Gasteiger partial charge in [0.2, 0.25) is 0 Å². The standard InChI is InChI=1S/C63H47N.C44H33N/c1-4-43-14-16-46(17-15-43)48-22-24-50(25-23-48)52-30-35-57(36-31-52)64(56-33-28-51(29-34-56)49-20-18-47(19-21-49)44-10-6-5-7-11-44)58-37-39-60-59-38-32-55(41-61(59)63(2,3)62(60)42-58)54-27-26-45-12-8-9-13-53(45)40-54;1-2-33-13-15-36(16-14-33)37-17-19-38(20-18-37)41-25-31-44(32-26-41)45(42-27-21-39(22-28-42)34-9-5-3-6-10-34)43-29-23-40(24-30-43)35-11-7-4-8-12-35/h4-42H,1H2,2-3H3;2-32H,1H2. The highest BCUT2D eigenvalue weighted by Crippen LogP contribution is 2.52. The second-order valence-electron chi connectivity index (χ2n) is 28.6. The number of fused-ring (bicyclic) bond motifs is 4. The summed E-state index contributed by atoms with van der Waals surface area (Å²) < 4.78 is 0. The van der Waals surface area contributed by atoms with Crippen molar-refractivity contribution in [3.8, 4) is 111 Å². The first-order chi connectivity index (χ1) is 53.6. The highest BCUT2D eigenvalue weighted by molar-refractivity contribution is 5.92. The average molecular weight is 1390 g/mol. The van der Waals surface area contributed by atoms with Crippen LogP contribution in [0.25, 0.3) is 134 Å². The van der Waals surface area contributed by atoms with Crippen molar-refractivity contribution in [2.75, 3.05) is 9.80 Å². The topological polar surface area (TPSA) is 6.48 Å². The van der Waals surface area contributed by atoms with Crippen molar-refractivity contribution in [2.45, 2.75) is 19.3 Å². The van der Waals surface area contributed by atoms with E-state index in [1.807, 2.05) is 12.2 Å². The molecule has 0 amide bonds. The van der Waals surface area contributed by atoms with Crippen LogP contribution in [0.4, 0.5) is 34.1 Å². The normalized spacial score (nSPS) is 11.7. The van der Waals surface area contributed by atoms with Crippen molar-refractivity contribution in [1.82, 2.24) is 0 Å². The molecule has 0 heterocycles. The molecule has 109 heavy (non-hydrogen) atoms. The molecule has 0 fully saturated rings. The van der Waals surface area contributed by atoms with E-state index in [2.05, 4.69) is 449 Å². The molecule has 518 valence electrons. The lowest BCUT2D eigenvalue weighted by molar-refractivity contribution is 0.660. The molecule has 1 aliphatic carbocycles. The van der Waals surface area contributed by atoms with E-state index in [0.717, 1.165) is 45.3 Å². The second kappa shape index (κ2) is 30.3. The molecule has 1 aliphatic rings. The Morgan fingerprint density at radius 1 is 0.193 bits per heavy atom. The van der Waals surface area contributed by atoms with Crippen molar-refractivity contribution in [3.05, 3.63) is 448 Å². The third-order valence-electron chi connectivity index (χ3n) is 21.6.